The van der Waals surface area contributed by atoms with E-state index in [0.717, 1.165) is 16.6 Å². The first-order chi connectivity index (χ1) is 13.1. The molecule has 2 rings (SSSR count). The number of nitrogens with zero attached hydrogens (tertiary/aromatic N) is 2. The smallest absolute Gasteiger partial charge is 0.271 e. The molecule has 0 radical (unpaired) electrons. The second-order valence-electron chi connectivity index (χ2n) is 6.29. The van der Waals surface area contributed by atoms with Crippen LogP contribution in [0.5, 0.6) is 5.75 Å². The second-order valence-corrected chi connectivity index (χ2v) is 8.20. The van der Waals surface area contributed by atoms with Gasteiger partial charge in [-0.3, -0.25) is 19.2 Å². The van der Waals surface area contributed by atoms with Crippen molar-refractivity contribution >= 4 is 33.0 Å². The van der Waals surface area contributed by atoms with Crippen LogP contribution in [-0.4, -0.2) is 38.2 Å². The van der Waals surface area contributed by atoms with Crippen LogP contribution in [-0.2, 0) is 14.8 Å². The highest BCUT2D eigenvalue weighted by Crippen LogP contribution is 2.23. The van der Waals surface area contributed by atoms with E-state index in [1.165, 1.54) is 18.2 Å². The predicted octanol–water partition coefficient (Wildman–Crippen LogP) is 2.79. The maximum atomic E-state index is 12.4. The van der Waals surface area contributed by atoms with Crippen molar-refractivity contribution < 1.29 is 22.9 Å². The molecule has 0 aliphatic carbocycles. The van der Waals surface area contributed by atoms with Crippen molar-refractivity contribution in [3.8, 4) is 5.75 Å². The first kappa shape index (κ1) is 21.2. The number of benzene rings is 2. The van der Waals surface area contributed by atoms with Gasteiger partial charge in [-0.25, -0.2) is 8.42 Å². The van der Waals surface area contributed by atoms with Crippen molar-refractivity contribution in [3.05, 3.63) is 58.6 Å². The van der Waals surface area contributed by atoms with E-state index in [0.29, 0.717) is 11.4 Å². The Morgan fingerprint density at radius 1 is 1.21 bits per heavy atom. The predicted molar refractivity (Wildman–Crippen MR) is 106 cm³/mol. The van der Waals surface area contributed by atoms with Crippen LogP contribution in [0.1, 0.15) is 13.8 Å². The Labute approximate surface area is 163 Å². The lowest BCUT2D eigenvalue weighted by Gasteiger charge is -2.21. The average Bonchev–Trinajstić information content (AvgIpc) is 2.58. The third-order valence-electron chi connectivity index (χ3n) is 3.51. The Hall–Kier alpha value is -3.14. The number of hydrogen-bond donors (Lipinski definition) is 1. The lowest BCUT2D eigenvalue weighted by atomic mass is 10.2. The Morgan fingerprint density at radius 2 is 1.89 bits per heavy atom. The van der Waals surface area contributed by atoms with E-state index in [1.807, 2.05) is 13.8 Å². The fourth-order valence-corrected chi connectivity index (χ4v) is 3.26. The molecule has 0 unspecified atom stereocenters. The zero-order chi connectivity index (χ0) is 20.9. The summed E-state index contributed by atoms with van der Waals surface area (Å²) in [4.78, 5) is 22.7. The molecule has 0 bridgehead atoms. The summed E-state index contributed by atoms with van der Waals surface area (Å²) in [6.07, 6.45) is 0.886. The third-order valence-corrected chi connectivity index (χ3v) is 4.65. The quantitative estimate of drug-likeness (QED) is 0.531. The van der Waals surface area contributed by atoms with Crippen molar-refractivity contribution in [3.63, 3.8) is 0 Å². The van der Waals surface area contributed by atoms with Gasteiger partial charge in [0, 0.05) is 23.9 Å². The highest BCUT2D eigenvalue weighted by atomic mass is 32.2. The van der Waals surface area contributed by atoms with Gasteiger partial charge in [-0.2, -0.15) is 0 Å². The Kier molecular flexibility index (Phi) is 6.57. The van der Waals surface area contributed by atoms with E-state index in [4.69, 9.17) is 4.74 Å². The fourth-order valence-electron chi connectivity index (χ4n) is 2.41. The van der Waals surface area contributed by atoms with Gasteiger partial charge < -0.3 is 10.1 Å². The maximum absolute atomic E-state index is 12.4. The molecule has 0 aliphatic heterocycles. The molecule has 0 saturated carbocycles. The van der Waals surface area contributed by atoms with Gasteiger partial charge in [0.2, 0.25) is 15.9 Å². The molecule has 0 atom stereocenters. The molecule has 0 saturated heterocycles. The molecule has 2 aromatic rings. The largest absolute Gasteiger partial charge is 0.491 e. The topological polar surface area (TPSA) is 119 Å². The summed E-state index contributed by atoms with van der Waals surface area (Å²) in [5, 5.41) is 13.5. The molecule has 9 nitrogen and oxygen atoms in total. The lowest BCUT2D eigenvalue weighted by molar-refractivity contribution is -0.384. The minimum Gasteiger partial charge on any atom is -0.491 e. The number of carbonyl (C=O) groups is 1. The third kappa shape index (κ3) is 5.95. The Morgan fingerprint density at radius 3 is 2.50 bits per heavy atom. The number of rotatable bonds is 8. The number of sulfonamides is 1. The number of ether oxygens (including phenoxy) is 1. The highest BCUT2D eigenvalue weighted by Gasteiger charge is 2.22. The van der Waals surface area contributed by atoms with Gasteiger partial charge in [-0.1, -0.05) is 12.1 Å². The number of nitrogens with one attached hydrogen (secondary N) is 1. The molecule has 10 heteroatoms. The number of carbonyl (C=O) groups excluding carboxylic acids is 1. The first-order valence-electron chi connectivity index (χ1n) is 8.35. The molecule has 0 heterocycles. The van der Waals surface area contributed by atoms with Crippen LogP contribution >= 0.6 is 0 Å². The monoisotopic (exact) mass is 407 g/mol. The summed E-state index contributed by atoms with van der Waals surface area (Å²) in [5.41, 5.74) is 0.199. The normalized spacial score (nSPS) is 11.1. The summed E-state index contributed by atoms with van der Waals surface area (Å²) < 4.78 is 30.6. The molecule has 0 spiro atoms. The van der Waals surface area contributed by atoms with Crippen molar-refractivity contribution in [2.75, 3.05) is 22.4 Å². The van der Waals surface area contributed by atoms with Crippen molar-refractivity contribution in [1.29, 1.82) is 0 Å². The first-order valence-corrected chi connectivity index (χ1v) is 10.2. The van der Waals surface area contributed by atoms with Crippen LogP contribution in [0.3, 0.4) is 0 Å². The summed E-state index contributed by atoms with van der Waals surface area (Å²) in [6.45, 7) is 3.21. The maximum Gasteiger partial charge on any atom is 0.271 e. The zero-order valence-electron chi connectivity index (χ0n) is 15.7. The Balaban J connectivity index is 2.21. The van der Waals surface area contributed by atoms with E-state index in [-0.39, 0.29) is 17.5 Å². The number of nitro benzene ring substituents is 1. The summed E-state index contributed by atoms with van der Waals surface area (Å²) in [6, 6.07) is 11.8. The molecule has 150 valence electrons. The van der Waals surface area contributed by atoms with Gasteiger partial charge in [0.05, 0.1) is 23.0 Å². The van der Waals surface area contributed by atoms with Gasteiger partial charge in [0.25, 0.3) is 5.69 Å². The van der Waals surface area contributed by atoms with Gasteiger partial charge in [-0.15, -0.1) is 0 Å². The molecular weight excluding hydrogens is 386 g/mol. The molecule has 28 heavy (non-hydrogen) atoms. The van der Waals surface area contributed by atoms with E-state index in [1.54, 1.807) is 24.3 Å². The van der Waals surface area contributed by atoms with E-state index in [2.05, 4.69) is 5.32 Å². The van der Waals surface area contributed by atoms with Crippen LogP contribution in [0.2, 0.25) is 0 Å². The molecular formula is C18H21N3O6S. The van der Waals surface area contributed by atoms with Gasteiger partial charge in [0.1, 0.15) is 12.3 Å². The number of nitro groups is 1. The minimum absolute atomic E-state index is 0.0312. The molecule has 0 aliphatic rings. The zero-order valence-corrected chi connectivity index (χ0v) is 16.5. The van der Waals surface area contributed by atoms with Gasteiger partial charge in [-0.05, 0) is 32.0 Å². The van der Waals surface area contributed by atoms with Gasteiger partial charge >= 0.3 is 0 Å². The van der Waals surface area contributed by atoms with Crippen LogP contribution in [0.15, 0.2) is 48.5 Å². The average molecular weight is 407 g/mol. The number of amides is 1. The van der Waals surface area contributed by atoms with Crippen molar-refractivity contribution in [2.24, 2.45) is 0 Å². The number of hydrogen-bond acceptors (Lipinski definition) is 6. The summed E-state index contributed by atoms with van der Waals surface area (Å²) in [7, 11) is -3.85. The summed E-state index contributed by atoms with van der Waals surface area (Å²) in [5.74, 6) is -0.0370. The van der Waals surface area contributed by atoms with Crippen molar-refractivity contribution in [1.82, 2.24) is 0 Å². The van der Waals surface area contributed by atoms with Crippen LogP contribution in [0, 0.1) is 10.1 Å². The fraction of sp³-hybridized carbons (Fsp3) is 0.278. The Bertz CT molecular complexity index is 975. The molecule has 1 N–H and O–H groups in total. The summed E-state index contributed by atoms with van der Waals surface area (Å²) >= 11 is 0. The van der Waals surface area contributed by atoms with E-state index < -0.39 is 27.4 Å². The second kappa shape index (κ2) is 8.70. The van der Waals surface area contributed by atoms with E-state index in [9.17, 15) is 23.3 Å². The molecule has 0 fully saturated rings. The van der Waals surface area contributed by atoms with Gasteiger partial charge in [0.15, 0.2) is 0 Å². The number of anilines is 2. The highest BCUT2D eigenvalue weighted by molar-refractivity contribution is 7.92. The van der Waals surface area contributed by atoms with Crippen LogP contribution in [0.25, 0.3) is 0 Å². The van der Waals surface area contributed by atoms with Crippen LogP contribution in [0.4, 0.5) is 17.1 Å². The van der Waals surface area contributed by atoms with Crippen LogP contribution < -0.4 is 14.4 Å². The lowest BCUT2D eigenvalue weighted by Crippen LogP contribution is -2.37. The van der Waals surface area contributed by atoms with Crippen molar-refractivity contribution in [2.45, 2.75) is 20.0 Å². The SMILES string of the molecule is CC(C)Oc1cccc(NC(=O)CN(c2cccc([N+](=O)[O-])c2)S(C)(=O)=O)c1. The molecule has 1 amide bonds. The standard InChI is InChI=1S/C18H21N3O6S/c1-13(2)27-17-9-4-6-14(10-17)19-18(22)12-20(28(3,25)26)15-7-5-8-16(11-15)21(23)24/h4-11,13H,12H2,1-3H3,(H,19,22). The van der Waals surface area contributed by atoms with E-state index >= 15 is 0 Å². The molecule has 2 aromatic carbocycles. The number of non-ortho nitro benzene ring substituents is 1. The minimum atomic E-state index is -3.85. The molecule has 0 aromatic heterocycles.